The molecule has 2 aromatic heterocycles. The Morgan fingerprint density at radius 1 is 1.11 bits per heavy atom. The molecule has 1 amide bonds. The van der Waals surface area contributed by atoms with Crippen LogP contribution in [-0.2, 0) is 13.5 Å². The highest BCUT2D eigenvalue weighted by atomic mass is 32.1. The Morgan fingerprint density at radius 3 is 2.54 bits per heavy atom. The standard InChI is InChI=1S/C21H18N4O2S/c1-3-13-8-10-14(11-9-13)17-12-28-21(22-17)23-19(26)18-15-6-4-5-7-16(15)20(27)25(2)24-18/h4-12H,3H2,1-2H3,(H,22,23,26). The Morgan fingerprint density at radius 2 is 1.82 bits per heavy atom. The van der Waals surface area contributed by atoms with E-state index in [9.17, 15) is 9.59 Å². The number of benzene rings is 2. The quantitative estimate of drug-likeness (QED) is 0.574. The topological polar surface area (TPSA) is 76.9 Å². The summed E-state index contributed by atoms with van der Waals surface area (Å²) in [6.07, 6.45) is 0.985. The molecule has 2 heterocycles. The molecule has 1 N–H and O–H groups in total. The molecule has 0 bridgehead atoms. The van der Waals surface area contributed by atoms with Crippen molar-refractivity contribution < 1.29 is 4.79 Å². The Balaban J connectivity index is 1.63. The van der Waals surface area contributed by atoms with E-state index in [1.54, 1.807) is 24.3 Å². The SMILES string of the molecule is CCc1ccc(-c2csc(NC(=O)c3nn(C)c(=O)c4ccccc34)n2)cc1. The van der Waals surface area contributed by atoms with Crippen molar-refractivity contribution in [1.29, 1.82) is 0 Å². The normalized spacial score (nSPS) is 10.9. The summed E-state index contributed by atoms with van der Waals surface area (Å²) < 4.78 is 1.18. The van der Waals surface area contributed by atoms with Gasteiger partial charge in [-0.25, -0.2) is 9.67 Å². The number of aromatic nitrogens is 3. The van der Waals surface area contributed by atoms with Crippen LogP contribution in [-0.4, -0.2) is 20.7 Å². The number of thiazole rings is 1. The van der Waals surface area contributed by atoms with Gasteiger partial charge in [0.25, 0.3) is 11.5 Å². The third kappa shape index (κ3) is 3.32. The molecule has 4 rings (SSSR count). The number of nitrogens with zero attached hydrogens (tertiary/aromatic N) is 3. The Hall–Kier alpha value is -3.32. The maximum Gasteiger partial charge on any atom is 0.278 e. The predicted molar refractivity (Wildman–Crippen MR) is 112 cm³/mol. The molecular formula is C21H18N4O2S. The van der Waals surface area contributed by atoms with E-state index in [-0.39, 0.29) is 11.3 Å². The summed E-state index contributed by atoms with van der Waals surface area (Å²) >= 11 is 1.35. The molecule has 0 saturated heterocycles. The van der Waals surface area contributed by atoms with Gasteiger partial charge >= 0.3 is 0 Å². The van der Waals surface area contributed by atoms with Crippen LogP contribution in [0.5, 0.6) is 0 Å². The minimum absolute atomic E-state index is 0.196. The van der Waals surface area contributed by atoms with Crippen molar-refractivity contribution >= 4 is 33.1 Å². The first-order chi connectivity index (χ1) is 13.6. The van der Waals surface area contributed by atoms with Gasteiger partial charge in [-0.05, 0) is 18.1 Å². The fourth-order valence-corrected chi connectivity index (χ4v) is 3.71. The lowest BCUT2D eigenvalue weighted by Gasteiger charge is -2.07. The van der Waals surface area contributed by atoms with E-state index in [2.05, 4.69) is 34.5 Å². The summed E-state index contributed by atoms with van der Waals surface area (Å²) in [5, 5.41) is 10.3. The van der Waals surface area contributed by atoms with Gasteiger partial charge in [0, 0.05) is 23.4 Å². The first-order valence-electron chi connectivity index (χ1n) is 8.89. The average Bonchev–Trinajstić information content (AvgIpc) is 3.19. The minimum Gasteiger partial charge on any atom is -0.296 e. The second kappa shape index (κ2) is 7.36. The third-order valence-corrected chi connectivity index (χ3v) is 5.31. The van der Waals surface area contributed by atoms with Crippen LogP contribution in [0.3, 0.4) is 0 Å². The Bertz CT molecular complexity index is 1230. The number of amides is 1. The molecule has 0 fully saturated rings. The molecule has 0 unspecified atom stereocenters. The zero-order chi connectivity index (χ0) is 19.7. The second-order valence-electron chi connectivity index (χ2n) is 6.37. The van der Waals surface area contributed by atoms with Crippen molar-refractivity contribution in [2.75, 3.05) is 5.32 Å². The smallest absolute Gasteiger partial charge is 0.278 e. The summed E-state index contributed by atoms with van der Waals surface area (Å²) in [5.41, 5.74) is 3.03. The van der Waals surface area contributed by atoms with Gasteiger partial charge in [-0.15, -0.1) is 11.3 Å². The largest absolute Gasteiger partial charge is 0.296 e. The molecule has 0 spiro atoms. The number of carbonyl (C=O) groups excluding carboxylic acids is 1. The van der Waals surface area contributed by atoms with Crippen LogP contribution in [0.15, 0.2) is 58.7 Å². The molecule has 4 aromatic rings. The van der Waals surface area contributed by atoms with Crippen molar-refractivity contribution in [2.24, 2.45) is 7.05 Å². The van der Waals surface area contributed by atoms with Gasteiger partial charge in [0.1, 0.15) is 0 Å². The molecule has 0 aliphatic carbocycles. The maximum atomic E-state index is 12.8. The van der Waals surface area contributed by atoms with Gasteiger partial charge < -0.3 is 0 Å². The molecule has 28 heavy (non-hydrogen) atoms. The average molecular weight is 390 g/mol. The first-order valence-corrected chi connectivity index (χ1v) is 9.77. The van der Waals surface area contributed by atoms with Gasteiger partial charge in [-0.2, -0.15) is 5.10 Å². The van der Waals surface area contributed by atoms with Crippen LogP contribution in [0.1, 0.15) is 23.0 Å². The fourth-order valence-electron chi connectivity index (χ4n) is 3.00. The number of rotatable bonds is 4. The Labute approximate surface area is 165 Å². The minimum atomic E-state index is -0.394. The van der Waals surface area contributed by atoms with Crippen LogP contribution in [0.25, 0.3) is 22.0 Å². The molecule has 6 nitrogen and oxygen atoms in total. The number of hydrogen-bond donors (Lipinski definition) is 1. The number of nitrogens with one attached hydrogen (secondary N) is 1. The molecule has 0 aliphatic rings. The van der Waals surface area contributed by atoms with E-state index in [0.717, 1.165) is 17.7 Å². The number of fused-ring (bicyclic) bond motifs is 1. The van der Waals surface area contributed by atoms with Crippen LogP contribution < -0.4 is 10.9 Å². The van der Waals surface area contributed by atoms with Gasteiger partial charge in [0.15, 0.2) is 10.8 Å². The van der Waals surface area contributed by atoms with E-state index in [1.807, 2.05) is 17.5 Å². The van der Waals surface area contributed by atoms with Gasteiger partial charge in [0.2, 0.25) is 0 Å². The predicted octanol–water partition coefficient (Wildman–Crippen LogP) is 3.87. The van der Waals surface area contributed by atoms with E-state index < -0.39 is 5.91 Å². The fraction of sp³-hybridized carbons (Fsp3) is 0.143. The molecule has 0 atom stereocenters. The monoisotopic (exact) mass is 390 g/mol. The van der Waals surface area contributed by atoms with Crippen molar-refractivity contribution in [2.45, 2.75) is 13.3 Å². The lowest BCUT2D eigenvalue weighted by Crippen LogP contribution is -2.25. The Kier molecular flexibility index (Phi) is 4.75. The van der Waals surface area contributed by atoms with Crippen LogP contribution in [0, 0.1) is 0 Å². The number of anilines is 1. The molecule has 0 aliphatic heterocycles. The first kappa shape index (κ1) is 18.1. The lowest BCUT2D eigenvalue weighted by molar-refractivity contribution is 0.102. The number of aryl methyl sites for hydroxylation is 2. The molecular weight excluding hydrogens is 372 g/mol. The molecule has 7 heteroatoms. The van der Waals surface area contributed by atoms with Gasteiger partial charge in [-0.3, -0.25) is 14.9 Å². The molecule has 140 valence electrons. The summed E-state index contributed by atoms with van der Waals surface area (Å²) in [4.78, 5) is 29.5. The maximum absolute atomic E-state index is 12.8. The van der Waals surface area contributed by atoms with Crippen molar-refractivity contribution in [1.82, 2.24) is 14.8 Å². The van der Waals surface area contributed by atoms with Crippen LogP contribution in [0.4, 0.5) is 5.13 Å². The number of carbonyl (C=O) groups is 1. The summed E-state index contributed by atoms with van der Waals surface area (Å²) in [7, 11) is 1.53. The summed E-state index contributed by atoms with van der Waals surface area (Å²) in [6.45, 7) is 2.11. The van der Waals surface area contributed by atoms with Crippen LogP contribution >= 0.6 is 11.3 Å². The highest BCUT2D eigenvalue weighted by Crippen LogP contribution is 2.26. The summed E-state index contributed by atoms with van der Waals surface area (Å²) in [5.74, 6) is -0.394. The zero-order valence-electron chi connectivity index (χ0n) is 15.5. The van der Waals surface area contributed by atoms with Gasteiger partial charge in [-0.1, -0.05) is 49.4 Å². The molecule has 2 aromatic carbocycles. The van der Waals surface area contributed by atoms with Gasteiger partial charge in [0.05, 0.1) is 11.1 Å². The van der Waals surface area contributed by atoms with Crippen molar-refractivity contribution in [3.63, 3.8) is 0 Å². The highest BCUT2D eigenvalue weighted by molar-refractivity contribution is 7.14. The van der Waals surface area contributed by atoms with Crippen LogP contribution in [0.2, 0.25) is 0 Å². The summed E-state index contributed by atoms with van der Waals surface area (Å²) in [6, 6.07) is 15.2. The molecule has 0 saturated carbocycles. The van der Waals surface area contributed by atoms with E-state index in [4.69, 9.17) is 0 Å². The van der Waals surface area contributed by atoms with E-state index >= 15 is 0 Å². The van der Waals surface area contributed by atoms with Crippen molar-refractivity contribution in [3.05, 3.63) is 75.5 Å². The highest BCUT2D eigenvalue weighted by Gasteiger charge is 2.17. The lowest BCUT2D eigenvalue weighted by atomic mass is 10.1. The number of hydrogen-bond acceptors (Lipinski definition) is 5. The second-order valence-corrected chi connectivity index (χ2v) is 7.22. The molecule has 0 radical (unpaired) electrons. The zero-order valence-corrected chi connectivity index (χ0v) is 16.3. The third-order valence-electron chi connectivity index (χ3n) is 4.55. The van der Waals surface area contributed by atoms with Crippen molar-refractivity contribution in [3.8, 4) is 11.3 Å². The van der Waals surface area contributed by atoms with E-state index in [1.165, 1.54) is 28.6 Å². The van der Waals surface area contributed by atoms with E-state index in [0.29, 0.717) is 15.9 Å².